The molecule has 9 heteroatoms. The lowest BCUT2D eigenvalue weighted by Gasteiger charge is -2.16. The number of carbonyl (C=O) groups is 2. The van der Waals surface area contributed by atoms with Crippen LogP contribution in [0.3, 0.4) is 0 Å². The van der Waals surface area contributed by atoms with Crippen molar-refractivity contribution in [3.63, 3.8) is 0 Å². The van der Waals surface area contributed by atoms with E-state index >= 15 is 0 Å². The van der Waals surface area contributed by atoms with Crippen molar-refractivity contribution in [1.82, 2.24) is 15.0 Å². The Kier molecular flexibility index (Phi) is 5.98. The van der Waals surface area contributed by atoms with Gasteiger partial charge < -0.3 is 22.1 Å². The zero-order valence-electron chi connectivity index (χ0n) is 15.8. The first-order valence-electron chi connectivity index (χ1n) is 8.98. The fourth-order valence-corrected chi connectivity index (χ4v) is 2.74. The summed E-state index contributed by atoms with van der Waals surface area (Å²) < 4.78 is 0. The second-order valence-corrected chi connectivity index (χ2v) is 6.26. The molecule has 0 saturated heterocycles. The van der Waals surface area contributed by atoms with Gasteiger partial charge in [-0.3, -0.25) is 14.6 Å². The number of nitrogens with one attached hydrogen (secondary N) is 2. The number of nitrogens with two attached hydrogens (primary N) is 2. The number of hydrogen-bond donors (Lipinski definition) is 4. The highest BCUT2D eigenvalue weighted by atomic mass is 16.1. The van der Waals surface area contributed by atoms with Gasteiger partial charge in [-0.25, -0.2) is 9.97 Å². The van der Waals surface area contributed by atoms with E-state index in [0.29, 0.717) is 23.6 Å². The van der Waals surface area contributed by atoms with E-state index in [4.69, 9.17) is 11.5 Å². The van der Waals surface area contributed by atoms with E-state index < -0.39 is 17.9 Å². The van der Waals surface area contributed by atoms with Gasteiger partial charge in [-0.1, -0.05) is 13.0 Å². The third kappa shape index (κ3) is 4.83. The maximum Gasteiger partial charge on any atom is 0.269 e. The predicted octanol–water partition coefficient (Wildman–Crippen LogP) is 2.06. The molecule has 0 saturated carbocycles. The molecule has 3 rings (SSSR count). The van der Waals surface area contributed by atoms with Gasteiger partial charge in [0.1, 0.15) is 11.9 Å². The Bertz CT molecular complexity index is 1020. The minimum Gasteiger partial charge on any atom is -0.372 e. The molecule has 3 aromatic heterocycles. The molecule has 0 aliphatic rings. The predicted molar refractivity (Wildman–Crippen MR) is 110 cm³/mol. The summed E-state index contributed by atoms with van der Waals surface area (Å²) in [5.74, 6) is -0.665. The van der Waals surface area contributed by atoms with Gasteiger partial charge in [-0.15, -0.1) is 0 Å². The first kappa shape index (κ1) is 19.7. The number of rotatable bonds is 8. The molecule has 0 radical (unpaired) electrons. The van der Waals surface area contributed by atoms with E-state index in [2.05, 4.69) is 25.6 Å². The zero-order chi connectivity index (χ0) is 20.8. The topological polar surface area (TPSA) is 149 Å². The van der Waals surface area contributed by atoms with Crippen molar-refractivity contribution in [2.75, 3.05) is 10.6 Å². The monoisotopic (exact) mass is 391 g/mol. The van der Waals surface area contributed by atoms with Gasteiger partial charge in [0, 0.05) is 18.0 Å². The average Bonchev–Trinajstić information content (AvgIpc) is 2.72. The van der Waals surface area contributed by atoms with Crippen molar-refractivity contribution in [1.29, 1.82) is 0 Å². The second kappa shape index (κ2) is 8.79. The molecule has 0 unspecified atom stereocenters. The van der Waals surface area contributed by atoms with Crippen molar-refractivity contribution >= 4 is 29.0 Å². The van der Waals surface area contributed by atoms with Crippen LogP contribution in [-0.4, -0.2) is 32.8 Å². The van der Waals surface area contributed by atoms with E-state index in [-0.39, 0.29) is 5.69 Å². The van der Waals surface area contributed by atoms with Crippen molar-refractivity contribution < 1.29 is 9.59 Å². The van der Waals surface area contributed by atoms with Crippen molar-refractivity contribution in [2.24, 2.45) is 11.5 Å². The number of anilines is 3. The van der Waals surface area contributed by atoms with Crippen molar-refractivity contribution in [2.45, 2.75) is 19.4 Å². The van der Waals surface area contributed by atoms with Crippen LogP contribution in [0.2, 0.25) is 0 Å². The molecule has 3 heterocycles. The van der Waals surface area contributed by atoms with E-state index in [1.54, 1.807) is 24.5 Å². The van der Waals surface area contributed by atoms with Crippen LogP contribution in [0, 0.1) is 0 Å². The quantitative estimate of drug-likeness (QED) is 0.459. The number of aromatic nitrogens is 3. The van der Waals surface area contributed by atoms with Crippen LogP contribution < -0.4 is 22.1 Å². The Hall–Kier alpha value is -4.01. The van der Waals surface area contributed by atoms with Gasteiger partial charge in [0.25, 0.3) is 5.91 Å². The molecule has 1 atom stereocenters. The van der Waals surface area contributed by atoms with E-state index in [1.807, 2.05) is 31.2 Å². The minimum absolute atomic E-state index is 0.0544. The SMILES string of the molecule is CC[C@@H](Nc1cnc(C(N)=O)c(Nc2cccc(-c3ccncc3)n2)c1)C(N)=O. The number of nitrogens with zero attached hydrogens (tertiary/aromatic N) is 3. The molecule has 0 aliphatic heterocycles. The number of carbonyl (C=O) groups excluding carboxylic acids is 2. The smallest absolute Gasteiger partial charge is 0.269 e. The Morgan fingerprint density at radius 1 is 1.14 bits per heavy atom. The standard InChI is InChI=1S/C20H21N7O2/c1-2-14(19(21)28)25-13-10-16(18(20(22)29)24-11-13)27-17-5-3-4-15(26-17)12-6-8-23-9-7-12/h3-11,14,25H,2H2,1H3,(H2,21,28)(H2,22,29)(H,26,27)/t14-/m1/s1. The fraction of sp³-hybridized carbons (Fsp3) is 0.150. The molecule has 6 N–H and O–H groups in total. The van der Waals surface area contributed by atoms with Crippen molar-refractivity contribution in [3.8, 4) is 11.3 Å². The summed E-state index contributed by atoms with van der Waals surface area (Å²) in [6.07, 6.45) is 5.30. The zero-order valence-corrected chi connectivity index (χ0v) is 15.8. The first-order valence-corrected chi connectivity index (χ1v) is 8.98. The average molecular weight is 391 g/mol. The first-order chi connectivity index (χ1) is 14.0. The molecule has 29 heavy (non-hydrogen) atoms. The minimum atomic E-state index is -0.689. The van der Waals surface area contributed by atoms with Gasteiger partial charge in [0.15, 0.2) is 5.69 Å². The lowest BCUT2D eigenvalue weighted by Crippen LogP contribution is -2.34. The summed E-state index contributed by atoms with van der Waals surface area (Å²) in [6, 6.07) is 10.2. The largest absolute Gasteiger partial charge is 0.372 e. The molecule has 0 spiro atoms. The van der Waals surface area contributed by atoms with Crippen LogP contribution in [0.4, 0.5) is 17.2 Å². The lowest BCUT2D eigenvalue weighted by atomic mass is 10.2. The third-order valence-corrected chi connectivity index (χ3v) is 4.20. The van der Waals surface area contributed by atoms with Crippen LogP contribution in [0.5, 0.6) is 0 Å². The number of pyridine rings is 3. The lowest BCUT2D eigenvalue weighted by molar-refractivity contribution is -0.118. The number of primary amides is 2. The Morgan fingerprint density at radius 3 is 2.55 bits per heavy atom. The summed E-state index contributed by atoms with van der Waals surface area (Å²) >= 11 is 0. The molecule has 2 amide bonds. The highest BCUT2D eigenvalue weighted by Crippen LogP contribution is 2.24. The maximum atomic E-state index is 11.8. The summed E-state index contributed by atoms with van der Waals surface area (Å²) in [5, 5.41) is 6.08. The van der Waals surface area contributed by atoms with E-state index in [0.717, 1.165) is 11.3 Å². The second-order valence-electron chi connectivity index (χ2n) is 6.26. The Morgan fingerprint density at radius 2 is 1.90 bits per heavy atom. The Balaban J connectivity index is 1.92. The molecule has 3 aromatic rings. The Labute approximate surface area is 167 Å². The summed E-state index contributed by atoms with van der Waals surface area (Å²) in [5.41, 5.74) is 13.4. The summed E-state index contributed by atoms with van der Waals surface area (Å²) in [6.45, 7) is 1.83. The molecule has 0 aliphatic carbocycles. The normalized spacial score (nSPS) is 11.5. The molecule has 148 valence electrons. The molecule has 9 nitrogen and oxygen atoms in total. The van der Waals surface area contributed by atoms with E-state index in [1.165, 1.54) is 6.20 Å². The van der Waals surface area contributed by atoms with Crippen LogP contribution in [0.1, 0.15) is 23.8 Å². The summed E-state index contributed by atoms with van der Waals surface area (Å²) in [4.78, 5) is 36.0. The van der Waals surface area contributed by atoms with Gasteiger partial charge in [0.05, 0.1) is 23.3 Å². The third-order valence-electron chi connectivity index (χ3n) is 4.20. The van der Waals surface area contributed by atoms with Crippen molar-refractivity contribution in [3.05, 3.63) is 60.7 Å². The number of hydrogen-bond acceptors (Lipinski definition) is 7. The summed E-state index contributed by atoms with van der Waals surface area (Å²) in [7, 11) is 0. The van der Waals surface area contributed by atoms with Gasteiger partial charge >= 0.3 is 0 Å². The van der Waals surface area contributed by atoms with Crippen LogP contribution in [0.25, 0.3) is 11.3 Å². The molecular weight excluding hydrogens is 370 g/mol. The number of amides is 2. The maximum absolute atomic E-state index is 11.8. The van der Waals surface area contributed by atoms with Gasteiger partial charge in [-0.05, 0) is 36.8 Å². The van der Waals surface area contributed by atoms with Crippen LogP contribution in [-0.2, 0) is 4.79 Å². The highest BCUT2D eigenvalue weighted by Gasteiger charge is 2.16. The van der Waals surface area contributed by atoms with Gasteiger partial charge in [-0.2, -0.15) is 0 Å². The molecular formula is C20H21N7O2. The van der Waals surface area contributed by atoms with E-state index in [9.17, 15) is 9.59 Å². The van der Waals surface area contributed by atoms with Crippen LogP contribution in [0.15, 0.2) is 55.0 Å². The fourth-order valence-electron chi connectivity index (χ4n) is 2.74. The van der Waals surface area contributed by atoms with Gasteiger partial charge in [0.2, 0.25) is 5.91 Å². The molecule has 0 bridgehead atoms. The molecule has 0 fully saturated rings. The highest BCUT2D eigenvalue weighted by molar-refractivity contribution is 5.97. The molecule has 0 aromatic carbocycles. The van der Waals surface area contributed by atoms with Crippen LogP contribution >= 0.6 is 0 Å².